The molecule has 0 radical (unpaired) electrons. The number of anilines is 2. The highest BCUT2D eigenvalue weighted by molar-refractivity contribution is 5.97. The van der Waals surface area contributed by atoms with E-state index >= 15 is 0 Å². The molecule has 0 bridgehead atoms. The second-order valence-corrected chi connectivity index (χ2v) is 22.4. The Hall–Kier alpha value is -5.24. The number of aliphatic carboxylic acids is 2. The zero-order valence-corrected chi connectivity index (χ0v) is 45.3. The fraction of sp³-hybridized carbons (Fsp3) is 0.643. The van der Waals surface area contributed by atoms with Gasteiger partial charge in [-0.2, -0.15) is 0 Å². The molecule has 18 heteroatoms. The number of rotatable bonds is 18. The van der Waals surface area contributed by atoms with Gasteiger partial charge >= 0.3 is 11.9 Å². The van der Waals surface area contributed by atoms with Gasteiger partial charge in [-0.25, -0.2) is 9.59 Å². The number of aryl methyl sites for hydroxylation is 2. The minimum atomic E-state index is -1.26. The summed E-state index contributed by atoms with van der Waals surface area (Å²) in [5.41, 5.74) is 16.2. The highest BCUT2D eigenvalue weighted by Gasteiger charge is 2.42. The number of carbonyl (C=O) groups is 6. The minimum absolute atomic E-state index is 0.00416. The molecular formula is C56H88N8O10. The lowest BCUT2D eigenvalue weighted by atomic mass is 9.92. The van der Waals surface area contributed by atoms with Gasteiger partial charge in [-0.3, -0.25) is 29.0 Å². The SMILES string of the molecule is Cc1ccccc1N1CC(C)(C)N(C[C@H](N)[C@@H](O)C[C@@H](C)C(=O)NC2CCCCC2)CC1=O.Cc1ccccc1N1CC(C)(C)N(C[C@H](N)[C@@H](O)C[C@@H](C)C(=O)NC2CCCCC2)CC1=O.O=C(O)/C=C/C(=O)O. The summed E-state index contributed by atoms with van der Waals surface area (Å²) >= 11 is 0. The van der Waals surface area contributed by atoms with Crippen molar-refractivity contribution in [2.45, 2.75) is 180 Å². The van der Waals surface area contributed by atoms with E-state index in [1.54, 1.807) is 0 Å². The highest BCUT2D eigenvalue weighted by atomic mass is 16.4. The van der Waals surface area contributed by atoms with E-state index in [1.165, 1.54) is 38.5 Å². The van der Waals surface area contributed by atoms with E-state index in [0.29, 0.717) is 51.2 Å². The van der Waals surface area contributed by atoms with Gasteiger partial charge in [0.15, 0.2) is 0 Å². The molecule has 4 aliphatic rings. The molecule has 2 aliphatic heterocycles. The molecule has 0 spiro atoms. The summed E-state index contributed by atoms with van der Waals surface area (Å²) in [6, 6.07) is 15.3. The maximum Gasteiger partial charge on any atom is 0.328 e. The van der Waals surface area contributed by atoms with Gasteiger partial charge in [0.2, 0.25) is 23.6 Å². The van der Waals surface area contributed by atoms with Crippen LogP contribution in [0.15, 0.2) is 60.7 Å². The average molecular weight is 1030 g/mol. The molecule has 4 amide bonds. The lowest BCUT2D eigenvalue weighted by Crippen LogP contribution is -2.64. The van der Waals surface area contributed by atoms with Crippen LogP contribution in [-0.4, -0.2) is 153 Å². The molecule has 6 rings (SSSR count). The summed E-state index contributed by atoms with van der Waals surface area (Å²) in [5.74, 6) is -3.07. The van der Waals surface area contributed by atoms with Crippen molar-refractivity contribution in [2.75, 3.05) is 49.1 Å². The first-order valence-electron chi connectivity index (χ1n) is 26.6. The van der Waals surface area contributed by atoms with Gasteiger partial charge in [-0.15, -0.1) is 0 Å². The van der Waals surface area contributed by atoms with Crippen LogP contribution in [0, 0.1) is 25.7 Å². The highest BCUT2D eigenvalue weighted by Crippen LogP contribution is 2.31. The fourth-order valence-electron chi connectivity index (χ4n) is 10.2. The number of aliphatic hydroxyl groups is 2. The van der Waals surface area contributed by atoms with E-state index in [0.717, 1.165) is 48.2 Å². The van der Waals surface area contributed by atoms with Gasteiger partial charge in [0.25, 0.3) is 0 Å². The number of carboxylic acids is 2. The molecule has 2 aromatic rings. The molecular weight excluding hydrogens is 945 g/mol. The molecule has 74 heavy (non-hydrogen) atoms. The molecule has 0 unspecified atom stereocenters. The first-order valence-corrected chi connectivity index (χ1v) is 26.6. The quantitative estimate of drug-likeness (QED) is 0.0925. The smallest absolute Gasteiger partial charge is 0.328 e. The van der Waals surface area contributed by atoms with Crippen LogP contribution in [0.25, 0.3) is 0 Å². The summed E-state index contributed by atoms with van der Waals surface area (Å²) in [4.78, 5) is 78.1. The van der Waals surface area contributed by atoms with Gasteiger partial charge in [-0.05, 0) is 103 Å². The van der Waals surface area contributed by atoms with Gasteiger partial charge in [0.05, 0.1) is 25.3 Å². The molecule has 2 aliphatic carbocycles. The van der Waals surface area contributed by atoms with Crippen molar-refractivity contribution < 1.29 is 49.2 Å². The molecule has 10 N–H and O–H groups in total. The van der Waals surface area contributed by atoms with E-state index in [2.05, 4.69) is 48.1 Å². The number of piperazine rings is 2. The van der Waals surface area contributed by atoms with Crippen LogP contribution in [0.1, 0.15) is 130 Å². The maximum absolute atomic E-state index is 13.0. The number of nitrogens with one attached hydrogen (secondary N) is 2. The summed E-state index contributed by atoms with van der Waals surface area (Å²) in [7, 11) is 0. The van der Waals surface area contributed by atoms with Gasteiger partial charge in [-0.1, -0.05) is 88.8 Å². The Morgan fingerprint density at radius 1 is 0.608 bits per heavy atom. The summed E-state index contributed by atoms with van der Waals surface area (Å²) in [5, 5.41) is 43.4. The number of hydrogen-bond donors (Lipinski definition) is 8. The normalized spacial score (nSPS) is 21.2. The average Bonchev–Trinajstić information content (AvgIpc) is 3.34. The second kappa shape index (κ2) is 28.6. The topological polar surface area (TPSA) is 272 Å². The van der Waals surface area contributed by atoms with Gasteiger partial charge in [0.1, 0.15) is 0 Å². The first-order chi connectivity index (χ1) is 34.8. The predicted molar refractivity (Wildman–Crippen MR) is 288 cm³/mol. The van der Waals surface area contributed by atoms with Crippen molar-refractivity contribution in [3.63, 3.8) is 0 Å². The Morgan fingerprint density at radius 2 is 0.932 bits per heavy atom. The molecule has 18 nitrogen and oxygen atoms in total. The van der Waals surface area contributed by atoms with Crippen molar-refractivity contribution in [1.82, 2.24) is 20.4 Å². The largest absolute Gasteiger partial charge is 0.478 e. The van der Waals surface area contributed by atoms with Crippen LogP contribution in [0.5, 0.6) is 0 Å². The lowest BCUT2D eigenvalue weighted by molar-refractivity contribution is -0.134. The number of benzene rings is 2. The van der Waals surface area contributed by atoms with E-state index < -0.39 is 36.2 Å². The van der Waals surface area contributed by atoms with Crippen molar-refractivity contribution in [3.8, 4) is 0 Å². The fourth-order valence-corrected chi connectivity index (χ4v) is 10.2. The van der Waals surface area contributed by atoms with Crippen LogP contribution < -0.4 is 31.9 Å². The van der Waals surface area contributed by atoms with E-state index in [1.807, 2.05) is 86.0 Å². The zero-order chi connectivity index (χ0) is 54.9. The van der Waals surface area contributed by atoms with Crippen LogP contribution in [0.2, 0.25) is 0 Å². The Morgan fingerprint density at radius 3 is 1.24 bits per heavy atom. The Balaban J connectivity index is 0.000000279. The molecule has 2 saturated heterocycles. The van der Waals surface area contributed by atoms with E-state index in [9.17, 15) is 39.0 Å². The van der Waals surface area contributed by atoms with Crippen molar-refractivity contribution in [2.24, 2.45) is 23.3 Å². The van der Waals surface area contributed by atoms with Crippen molar-refractivity contribution in [3.05, 3.63) is 71.8 Å². The number of hydrogen-bond acceptors (Lipinski definition) is 12. The number of para-hydroxylation sites is 2. The van der Waals surface area contributed by atoms with Crippen molar-refractivity contribution >= 4 is 46.9 Å². The van der Waals surface area contributed by atoms with Crippen LogP contribution in [-0.2, 0) is 28.8 Å². The molecule has 0 aromatic heterocycles. The van der Waals surface area contributed by atoms with Gasteiger partial charge < -0.3 is 52.3 Å². The number of nitrogens with zero attached hydrogens (tertiary/aromatic N) is 4. The molecule has 2 heterocycles. The third-order valence-electron chi connectivity index (χ3n) is 15.1. The predicted octanol–water partition coefficient (Wildman–Crippen LogP) is 4.88. The molecule has 6 atom stereocenters. The monoisotopic (exact) mass is 1030 g/mol. The second-order valence-electron chi connectivity index (χ2n) is 22.4. The standard InChI is InChI=1S/2C26H42N4O3.C4H4O4/c2*1-18-10-8-9-13-22(18)30-17-26(3,4)29(16-24(30)32)15-21(27)23(31)14-19(2)25(33)28-20-11-6-5-7-12-20;5-3(6)1-2-4(7)8/h2*8-10,13,19-21,23,31H,5-7,11-12,14-17,27H2,1-4H3,(H,28,33);1-2H,(H,5,6)(H,7,8)/b;;2-1+/t2*19-,21+,23+;/m11./s1. The number of carbonyl (C=O) groups excluding carboxylic acids is 4. The van der Waals surface area contributed by atoms with Crippen LogP contribution >= 0.6 is 0 Å². The van der Waals surface area contributed by atoms with Gasteiger partial charge in [0, 0.05) is 96.8 Å². The Kier molecular flexibility index (Phi) is 23.7. The molecule has 412 valence electrons. The van der Waals surface area contributed by atoms with Crippen molar-refractivity contribution in [1.29, 1.82) is 0 Å². The lowest BCUT2D eigenvalue weighted by Gasteiger charge is -2.48. The van der Waals surface area contributed by atoms with E-state index in [-0.39, 0.29) is 71.7 Å². The molecule has 2 saturated carbocycles. The number of amides is 4. The minimum Gasteiger partial charge on any atom is -0.478 e. The Bertz CT molecular complexity index is 2060. The first kappa shape index (κ1) is 61.3. The third-order valence-corrected chi connectivity index (χ3v) is 15.1. The number of carboxylic acid groups (broad SMARTS) is 2. The van der Waals surface area contributed by atoms with Crippen LogP contribution in [0.3, 0.4) is 0 Å². The Labute approximate surface area is 439 Å². The molecule has 2 aromatic carbocycles. The molecule has 4 fully saturated rings. The maximum atomic E-state index is 13.0. The number of aliphatic hydroxyl groups excluding tert-OH is 2. The zero-order valence-electron chi connectivity index (χ0n) is 45.3. The number of nitrogens with two attached hydrogens (primary N) is 2. The third kappa shape index (κ3) is 18.8. The summed E-state index contributed by atoms with van der Waals surface area (Å²) in [6.45, 7) is 18.5. The van der Waals surface area contributed by atoms with Crippen LogP contribution in [0.4, 0.5) is 11.4 Å². The summed E-state index contributed by atoms with van der Waals surface area (Å²) < 4.78 is 0. The summed E-state index contributed by atoms with van der Waals surface area (Å²) in [6.07, 6.45) is 11.4. The van der Waals surface area contributed by atoms with E-state index in [4.69, 9.17) is 21.7 Å².